The Morgan fingerprint density at radius 1 is 1.00 bits per heavy atom. The minimum absolute atomic E-state index is 0.850. The van der Waals surface area contributed by atoms with E-state index in [-0.39, 0.29) is 0 Å². The van der Waals surface area contributed by atoms with Crippen LogP contribution in [-0.2, 0) is 0 Å². The van der Waals surface area contributed by atoms with Gasteiger partial charge >= 0.3 is 0 Å². The highest BCUT2D eigenvalue weighted by Crippen LogP contribution is 2.27. The molecule has 0 aliphatic carbocycles. The molecule has 2 heteroatoms. The SMILES string of the molecule is CC1CCN(CC2C(C)CNCC2C)CC1. The fraction of sp³-hybridized carbons (Fsp3) is 1.00. The van der Waals surface area contributed by atoms with Crippen molar-refractivity contribution in [2.45, 2.75) is 33.6 Å². The lowest BCUT2D eigenvalue weighted by atomic mass is 9.79. The highest BCUT2D eigenvalue weighted by molar-refractivity contribution is 4.83. The Morgan fingerprint density at radius 3 is 2.12 bits per heavy atom. The van der Waals surface area contributed by atoms with E-state index < -0.39 is 0 Å². The molecule has 2 rings (SSSR count). The van der Waals surface area contributed by atoms with E-state index >= 15 is 0 Å². The van der Waals surface area contributed by atoms with Gasteiger partial charge in [-0.1, -0.05) is 20.8 Å². The number of hydrogen-bond acceptors (Lipinski definition) is 2. The van der Waals surface area contributed by atoms with Gasteiger partial charge in [0.15, 0.2) is 0 Å². The maximum absolute atomic E-state index is 3.54. The Kier molecular flexibility index (Phi) is 4.26. The Balaban J connectivity index is 1.83. The maximum Gasteiger partial charge on any atom is 0.00157 e. The molecule has 2 aliphatic rings. The predicted molar refractivity (Wildman–Crippen MR) is 69.5 cm³/mol. The van der Waals surface area contributed by atoms with Crippen molar-refractivity contribution in [2.24, 2.45) is 23.7 Å². The molecule has 2 nitrogen and oxygen atoms in total. The number of piperidine rings is 2. The lowest BCUT2D eigenvalue weighted by molar-refractivity contribution is 0.101. The van der Waals surface area contributed by atoms with Gasteiger partial charge in [-0.2, -0.15) is 0 Å². The van der Waals surface area contributed by atoms with Crippen molar-refractivity contribution < 1.29 is 0 Å². The van der Waals surface area contributed by atoms with Crippen molar-refractivity contribution in [3.05, 3.63) is 0 Å². The van der Waals surface area contributed by atoms with Gasteiger partial charge in [0.2, 0.25) is 0 Å². The molecule has 2 atom stereocenters. The summed E-state index contributed by atoms with van der Waals surface area (Å²) in [5.41, 5.74) is 0. The van der Waals surface area contributed by atoms with Gasteiger partial charge in [-0.3, -0.25) is 0 Å². The smallest absolute Gasteiger partial charge is 0.00157 e. The quantitative estimate of drug-likeness (QED) is 0.773. The molecule has 0 aromatic carbocycles. The van der Waals surface area contributed by atoms with Gasteiger partial charge in [0, 0.05) is 6.54 Å². The van der Waals surface area contributed by atoms with Crippen molar-refractivity contribution in [2.75, 3.05) is 32.7 Å². The van der Waals surface area contributed by atoms with Crippen LogP contribution in [0.1, 0.15) is 33.6 Å². The Morgan fingerprint density at radius 2 is 1.56 bits per heavy atom. The third-order valence-electron chi connectivity index (χ3n) is 4.74. The summed E-state index contributed by atoms with van der Waals surface area (Å²) in [6, 6.07) is 0. The minimum atomic E-state index is 0.850. The third-order valence-corrected chi connectivity index (χ3v) is 4.74. The van der Waals surface area contributed by atoms with Crippen LogP contribution in [0.3, 0.4) is 0 Å². The van der Waals surface area contributed by atoms with Crippen LogP contribution < -0.4 is 5.32 Å². The second-order valence-corrected chi connectivity index (χ2v) is 6.26. The molecule has 0 saturated carbocycles. The lowest BCUT2D eigenvalue weighted by Crippen LogP contribution is -2.47. The van der Waals surface area contributed by atoms with Gasteiger partial charge in [0.05, 0.1) is 0 Å². The number of rotatable bonds is 2. The molecule has 2 aliphatic heterocycles. The molecule has 0 spiro atoms. The first kappa shape index (κ1) is 12.4. The van der Waals surface area contributed by atoms with Crippen LogP contribution in [0.4, 0.5) is 0 Å². The zero-order chi connectivity index (χ0) is 11.5. The van der Waals surface area contributed by atoms with Crippen LogP contribution in [0.25, 0.3) is 0 Å². The maximum atomic E-state index is 3.54. The van der Waals surface area contributed by atoms with Gasteiger partial charge < -0.3 is 10.2 Å². The molecule has 0 amide bonds. The van der Waals surface area contributed by atoms with Gasteiger partial charge in [-0.15, -0.1) is 0 Å². The van der Waals surface area contributed by atoms with Crippen LogP contribution in [0, 0.1) is 23.7 Å². The van der Waals surface area contributed by atoms with Crippen molar-refractivity contribution in [3.63, 3.8) is 0 Å². The summed E-state index contributed by atoms with van der Waals surface area (Å²) in [4.78, 5) is 2.71. The summed E-state index contributed by atoms with van der Waals surface area (Å²) in [6.07, 6.45) is 2.82. The van der Waals surface area contributed by atoms with Crippen molar-refractivity contribution >= 4 is 0 Å². The average Bonchev–Trinajstić information content (AvgIpc) is 2.26. The highest BCUT2D eigenvalue weighted by atomic mass is 15.1. The van der Waals surface area contributed by atoms with Crippen LogP contribution in [0.5, 0.6) is 0 Å². The number of hydrogen-bond donors (Lipinski definition) is 1. The van der Waals surface area contributed by atoms with Crippen molar-refractivity contribution in [1.82, 2.24) is 10.2 Å². The van der Waals surface area contributed by atoms with Crippen LogP contribution in [0.2, 0.25) is 0 Å². The molecule has 2 saturated heterocycles. The lowest BCUT2D eigenvalue weighted by Gasteiger charge is -2.40. The van der Waals surface area contributed by atoms with E-state index in [2.05, 4.69) is 31.0 Å². The van der Waals surface area contributed by atoms with Crippen molar-refractivity contribution in [1.29, 1.82) is 0 Å². The molecule has 16 heavy (non-hydrogen) atoms. The molecule has 2 unspecified atom stereocenters. The molecule has 94 valence electrons. The Bertz CT molecular complexity index is 199. The molecule has 2 fully saturated rings. The number of likely N-dealkylation sites (tertiary alicyclic amines) is 1. The first-order valence-corrected chi connectivity index (χ1v) is 7.10. The second kappa shape index (κ2) is 5.50. The standard InChI is InChI=1S/C14H28N2/c1-11-4-6-16(7-5-11)10-14-12(2)8-15-9-13(14)3/h11-15H,4-10H2,1-3H3. The second-order valence-electron chi connectivity index (χ2n) is 6.26. The van der Waals surface area contributed by atoms with E-state index in [0.29, 0.717) is 0 Å². The van der Waals surface area contributed by atoms with Crippen molar-refractivity contribution in [3.8, 4) is 0 Å². The van der Waals surface area contributed by atoms with E-state index in [1.807, 2.05) is 0 Å². The van der Waals surface area contributed by atoms with Gasteiger partial charge in [-0.05, 0) is 62.7 Å². The van der Waals surface area contributed by atoms with E-state index in [1.54, 1.807) is 0 Å². The van der Waals surface area contributed by atoms with E-state index in [0.717, 1.165) is 23.7 Å². The molecule has 0 bridgehead atoms. The number of nitrogens with zero attached hydrogens (tertiary/aromatic N) is 1. The van der Waals surface area contributed by atoms with E-state index in [4.69, 9.17) is 0 Å². The summed E-state index contributed by atoms with van der Waals surface area (Å²) in [5.74, 6) is 3.57. The van der Waals surface area contributed by atoms with Gasteiger partial charge in [-0.25, -0.2) is 0 Å². The molecule has 2 heterocycles. The Hall–Kier alpha value is -0.0800. The average molecular weight is 224 g/mol. The van der Waals surface area contributed by atoms with E-state index in [1.165, 1.54) is 45.6 Å². The molecule has 1 N–H and O–H groups in total. The molecular formula is C14H28N2. The normalized spacial score (nSPS) is 38.8. The molecule has 0 aromatic heterocycles. The van der Waals surface area contributed by atoms with Gasteiger partial charge in [0.25, 0.3) is 0 Å². The zero-order valence-electron chi connectivity index (χ0n) is 11.2. The highest BCUT2D eigenvalue weighted by Gasteiger charge is 2.29. The van der Waals surface area contributed by atoms with Crippen LogP contribution >= 0.6 is 0 Å². The predicted octanol–water partition coefficient (Wildman–Crippen LogP) is 2.21. The van der Waals surface area contributed by atoms with Crippen LogP contribution in [-0.4, -0.2) is 37.6 Å². The summed E-state index contributed by atoms with van der Waals surface area (Å²) in [5, 5.41) is 3.54. The zero-order valence-corrected chi connectivity index (χ0v) is 11.2. The first-order chi connectivity index (χ1) is 7.66. The Labute approximate surface area is 101 Å². The third kappa shape index (κ3) is 2.98. The summed E-state index contributed by atoms with van der Waals surface area (Å²) in [6.45, 7) is 13.7. The topological polar surface area (TPSA) is 15.3 Å². The largest absolute Gasteiger partial charge is 0.316 e. The fourth-order valence-corrected chi connectivity index (χ4v) is 3.30. The number of nitrogens with one attached hydrogen (secondary N) is 1. The van der Waals surface area contributed by atoms with E-state index in [9.17, 15) is 0 Å². The fourth-order valence-electron chi connectivity index (χ4n) is 3.30. The van der Waals surface area contributed by atoms with Gasteiger partial charge in [0.1, 0.15) is 0 Å². The summed E-state index contributed by atoms with van der Waals surface area (Å²) >= 11 is 0. The van der Waals surface area contributed by atoms with Crippen LogP contribution in [0.15, 0.2) is 0 Å². The monoisotopic (exact) mass is 224 g/mol. The molecular weight excluding hydrogens is 196 g/mol. The minimum Gasteiger partial charge on any atom is -0.316 e. The molecule has 0 radical (unpaired) electrons. The first-order valence-electron chi connectivity index (χ1n) is 7.10. The molecule has 0 aromatic rings. The summed E-state index contributed by atoms with van der Waals surface area (Å²) < 4.78 is 0. The summed E-state index contributed by atoms with van der Waals surface area (Å²) in [7, 11) is 0.